The number of anilines is 1. The minimum absolute atomic E-state index is 0.0825. The van der Waals surface area contributed by atoms with Gasteiger partial charge in [0.2, 0.25) is 0 Å². The second-order valence-corrected chi connectivity index (χ2v) is 8.67. The second-order valence-electron chi connectivity index (χ2n) is 8.29. The highest BCUT2D eigenvalue weighted by Gasteiger charge is 2.44. The van der Waals surface area contributed by atoms with E-state index < -0.39 is 29.8 Å². The third-order valence-corrected chi connectivity index (χ3v) is 6.39. The molecule has 0 spiro atoms. The number of halogens is 3. The fraction of sp³-hybridized carbons (Fsp3) is 0.375. The predicted molar refractivity (Wildman–Crippen MR) is 125 cm³/mol. The van der Waals surface area contributed by atoms with Crippen LogP contribution in [-0.2, 0) is 27.1 Å². The molecule has 7 nitrogen and oxygen atoms in total. The number of amides is 1. The Kier molecular flexibility index (Phi) is 7.44. The largest absolute Gasteiger partial charge is 0.459 e. The first-order valence-corrected chi connectivity index (χ1v) is 11.5. The molecule has 1 atom stereocenters. The summed E-state index contributed by atoms with van der Waals surface area (Å²) < 4.78 is 50.3. The highest BCUT2D eigenvalue weighted by Crippen LogP contribution is 2.35. The quantitative estimate of drug-likeness (QED) is 0.474. The van der Waals surface area contributed by atoms with Gasteiger partial charge in [0.15, 0.2) is 11.2 Å². The molecular weight excluding hydrogens is 483 g/mol. The van der Waals surface area contributed by atoms with E-state index in [2.05, 4.69) is 5.32 Å². The number of nitrogens with one attached hydrogen (secondary N) is 1. The number of piperidine rings is 1. The van der Waals surface area contributed by atoms with E-state index in [0.29, 0.717) is 25.9 Å². The van der Waals surface area contributed by atoms with Crippen LogP contribution in [0.4, 0.5) is 23.7 Å². The van der Waals surface area contributed by atoms with Crippen LogP contribution in [0, 0.1) is 0 Å². The highest BCUT2D eigenvalue weighted by molar-refractivity contribution is 7.80. The Morgan fingerprint density at radius 3 is 2.43 bits per heavy atom. The molecule has 2 heterocycles. The first kappa shape index (κ1) is 24.8. The molecule has 0 aromatic heterocycles. The Bertz CT molecular complexity index is 1080. The van der Waals surface area contributed by atoms with Gasteiger partial charge in [-0.25, -0.2) is 9.59 Å². The maximum absolute atomic E-state index is 13.3. The van der Waals surface area contributed by atoms with Crippen LogP contribution in [0.25, 0.3) is 0 Å². The Morgan fingerprint density at radius 2 is 1.74 bits per heavy atom. The minimum atomic E-state index is -4.51. The van der Waals surface area contributed by atoms with Gasteiger partial charge in [-0.3, -0.25) is 4.90 Å². The lowest BCUT2D eigenvalue weighted by molar-refractivity contribution is -0.150. The number of alkyl halides is 3. The molecule has 2 aromatic carbocycles. The lowest BCUT2D eigenvalue weighted by atomic mass is 10.0. The van der Waals surface area contributed by atoms with Crippen molar-refractivity contribution in [2.45, 2.75) is 37.7 Å². The molecule has 1 amide bonds. The van der Waals surface area contributed by atoms with E-state index in [4.69, 9.17) is 21.7 Å². The number of ether oxygens (including phenoxy) is 2. The number of nitrogens with zero attached hydrogens (tertiary/aromatic N) is 2. The summed E-state index contributed by atoms with van der Waals surface area (Å²) >= 11 is 5.35. The molecule has 2 aromatic rings. The first-order chi connectivity index (χ1) is 16.7. The normalized spacial score (nSPS) is 18.8. The van der Waals surface area contributed by atoms with E-state index in [9.17, 15) is 22.8 Å². The molecule has 1 N–H and O–H groups in total. The monoisotopic (exact) mass is 507 g/mol. The summed E-state index contributed by atoms with van der Waals surface area (Å²) in [4.78, 5) is 28.2. The highest BCUT2D eigenvalue weighted by atomic mass is 32.1. The van der Waals surface area contributed by atoms with Crippen LogP contribution in [0.1, 0.15) is 24.0 Å². The predicted octanol–water partition coefficient (Wildman–Crippen LogP) is 4.43. The summed E-state index contributed by atoms with van der Waals surface area (Å²) in [7, 11) is 0. The smallest absolute Gasteiger partial charge is 0.418 e. The number of likely N-dealkylation sites (tertiary alicyclic amines) is 1. The summed E-state index contributed by atoms with van der Waals surface area (Å²) in [6.45, 7) is 0.817. The maximum atomic E-state index is 13.3. The Hall–Kier alpha value is -3.34. The number of carbonyl (C=O) groups excluding carboxylic acids is 2. The zero-order valence-corrected chi connectivity index (χ0v) is 19.5. The third kappa shape index (κ3) is 5.84. The molecule has 2 aliphatic rings. The van der Waals surface area contributed by atoms with Crippen molar-refractivity contribution in [3.05, 3.63) is 65.7 Å². The molecule has 2 saturated heterocycles. The van der Waals surface area contributed by atoms with Crippen LogP contribution < -0.4 is 5.32 Å². The summed E-state index contributed by atoms with van der Waals surface area (Å²) in [5, 5.41) is 2.87. The molecule has 0 bridgehead atoms. The van der Waals surface area contributed by atoms with Gasteiger partial charge in [-0.05, 0) is 42.8 Å². The Balaban J connectivity index is 1.34. The van der Waals surface area contributed by atoms with Gasteiger partial charge in [-0.15, -0.1) is 0 Å². The zero-order chi connectivity index (χ0) is 25.0. The van der Waals surface area contributed by atoms with Crippen molar-refractivity contribution in [3.63, 3.8) is 0 Å². The fourth-order valence-corrected chi connectivity index (χ4v) is 4.52. The van der Waals surface area contributed by atoms with Crippen molar-refractivity contribution in [1.82, 2.24) is 9.80 Å². The summed E-state index contributed by atoms with van der Waals surface area (Å²) in [6.07, 6.45) is -4.14. The number of cyclic esters (lactones) is 1. The Labute approximate surface area is 205 Å². The van der Waals surface area contributed by atoms with Gasteiger partial charge in [0, 0.05) is 19.1 Å². The van der Waals surface area contributed by atoms with Crippen LogP contribution in [-0.4, -0.2) is 58.8 Å². The van der Waals surface area contributed by atoms with E-state index >= 15 is 0 Å². The molecular formula is C24H24F3N3O4S. The number of hydrogen-bond acceptors (Lipinski definition) is 5. The van der Waals surface area contributed by atoms with E-state index in [1.807, 2.05) is 30.3 Å². The fourth-order valence-electron chi connectivity index (χ4n) is 4.22. The average Bonchev–Trinajstić information content (AvgIpc) is 3.24. The molecule has 11 heteroatoms. The van der Waals surface area contributed by atoms with Crippen molar-refractivity contribution < 1.29 is 32.2 Å². The second kappa shape index (κ2) is 10.5. The van der Waals surface area contributed by atoms with Crippen molar-refractivity contribution in [3.8, 4) is 0 Å². The maximum Gasteiger partial charge on any atom is 0.418 e. The molecule has 2 fully saturated rings. The SMILES string of the molecule is O=C(OCc1ccccc1)C1COC(=O)N1C1CCN(C(=S)Nc2ccccc2C(F)(F)F)CC1. The lowest BCUT2D eigenvalue weighted by Gasteiger charge is -2.38. The number of carbonyl (C=O) groups is 2. The first-order valence-electron chi connectivity index (χ1n) is 11.1. The summed E-state index contributed by atoms with van der Waals surface area (Å²) in [5.74, 6) is -0.539. The molecule has 0 saturated carbocycles. The summed E-state index contributed by atoms with van der Waals surface area (Å²) in [6, 6.07) is 13.2. The third-order valence-electron chi connectivity index (χ3n) is 6.03. The minimum Gasteiger partial charge on any atom is -0.459 e. The number of hydrogen-bond donors (Lipinski definition) is 1. The van der Waals surface area contributed by atoms with E-state index in [0.717, 1.165) is 11.6 Å². The van der Waals surface area contributed by atoms with E-state index in [-0.39, 0.29) is 30.1 Å². The number of rotatable bonds is 5. The Morgan fingerprint density at radius 1 is 1.09 bits per heavy atom. The number of thiocarbonyl (C=S) groups is 1. The van der Waals surface area contributed by atoms with Crippen LogP contribution in [0.5, 0.6) is 0 Å². The van der Waals surface area contributed by atoms with Crippen LogP contribution in [0.3, 0.4) is 0 Å². The van der Waals surface area contributed by atoms with Crippen molar-refractivity contribution in [1.29, 1.82) is 0 Å². The van der Waals surface area contributed by atoms with Crippen molar-refractivity contribution in [2.75, 3.05) is 25.0 Å². The summed E-state index contributed by atoms with van der Waals surface area (Å²) in [5.41, 5.74) is -0.0792. The number of para-hydroxylation sites is 1. The van der Waals surface area contributed by atoms with Crippen molar-refractivity contribution >= 4 is 35.1 Å². The van der Waals surface area contributed by atoms with E-state index in [1.165, 1.54) is 23.1 Å². The van der Waals surface area contributed by atoms with Gasteiger partial charge in [0.05, 0.1) is 11.3 Å². The molecule has 0 aliphatic carbocycles. The van der Waals surface area contributed by atoms with Gasteiger partial charge < -0.3 is 19.7 Å². The van der Waals surface area contributed by atoms with Gasteiger partial charge in [0.25, 0.3) is 0 Å². The van der Waals surface area contributed by atoms with E-state index in [1.54, 1.807) is 4.90 Å². The average molecular weight is 508 g/mol. The number of benzene rings is 2. The molecule has 2 aliphatic heterocycles. The zero-order valence-electron chi connectivity index (χ0n) is 18.7. The molecule has 4 rings (SSSR count). The standard InChI is InChI=1S/C24H24F3N3O4S/c25-24(26,27)18-8-4-5-9-19(18)28-22(35)29-12-10-17(11-13-29)30-20(15-34-23(30)32)21(31)33-14-16-6-2-1-3-7-16/h1-9,17,20H,10-15H2,(H,28,35). The molecule has 186 valence electrons. The molecule has 1 unspecified atom stereocenters. The molecule has 35 heavy (non-hydrogen) atoms. The lowest BCUT2D eigenvalue weighted by Crippen LogP contribution is -2.52. The molecule has 0 radical (unpaired) electrons. The van der Waals surface area contributed by atoms with Crippen LogP contribution in [0.15, 0.2) is 54.6 Å². The van der Waals surface area contributed by atoms with Gasteiger partial charge >= 0.3 is 18.2 Å². The van der Waals surface area contributed by atoms with Gasteiger partial charge in [0.1, 0.15) is 13.2 Å². The number of esters is 1. The van der Waals surface area contributed by atoms with Gasteiger partial charge in [-0.2, -0.15) is 13.2 Å². The van der Waals surface area contributed by atoms with Crippen molar-refractivity contribution in [2.24, 2.45) is 0 Å². The van der Waals surface area contributed by atoms with Crippen LogP contribution in [0.2, 0.25) is 0 Å². The van der Waals surface area contributed by atoms with Gasteiger partial charge in [-0.1, -0.05) is 42.5 Å². The van der Waals surface area contributed by atoms with Crippen LogP contribution >= 0.6 is 12.2 Å². The topological polar surface area (TPSA) is 71.1 Å².